The molecule has 0 radical (unpaired) electrons. The third kappa shape index (κ3) is 2.30. The van der Waals surface area contributed by atoms with E-state index in [0.29, 0.717) is 12.6 Å². The Bertz CT molecular complexity index is 660. The van der Waals surface area contributed by atoms with E-state index in [9.17, 15) is 4.79 Å². The van der Waals surface area contributed by atoms with Crippen LogP contribution in [0.4, 0.5) is 0 Å². The van der Waals surface area contributed by atoms with E-state index in [1.54, 1.807) is 0 Å². The number of piperidine rings is 1. The first kappa shape index (κ1) is 13.1. The summed E-state index contributed by atoms with van der Waals surface area (Å²) in [6, 6.07) is 8.72. The summed E-state index contributed by atoms with van der Waals surface area (Å²) in [5.41, 5.74) is 1.91. The number of nitrogens with zero attached hydrogens (tertiary/aromatic N) is 1. The zero-order chi connectivity index (χ0) is 14.2. The minimum Gasteiger partial charge on any atom is -0.360 e. The van der Waals surface area contributed by atoms with Gasteiger partial charge in [-0.3, -0.25) is 9.69 Å². The Hall–Kier alpha value is -1.61. The van der Waals surface area contributed by atoms with Crippen LogP contribution in [0.3, 0.4) is 0 Å². The lowest BCUT2D eigenvalue weighted by Gasteiger charge is -2.37. The van der Waals surface area contributed by atoms with E-state index in [1.165, 1.54) is 32.1 Å². The van der Waals surface area contributed by atoms with Crippen molar-refractivity contribution in [2.45, 2.75) is 38.1 Å². The first-order valence-corrected chi connectivity index (χ1v) is 8.16. The fourth-order valence-corrected chi connectivity index (χ4v) is 4.33. The number of hydrogen-bond acceptors (Lipinski definition) is 2. The van der Waals surface area contributed by atoms with Crippen LogP contribution in [0.2, 0.25) is 0 Å². The quantitative estimate of drug-likeness (QED) is 0.873. The van der Waals surface area contributed by atoms with Crippen LogP contribution in [0.1, 0.15) is 42.5 Å². The summed E-state index contributed by atoms with van der Waals surface area (Å²) in [4.78, 5) is 18.4. The summed E-state index contributed by atoms with van der Waals surface area (Å²) in [7, 11) is 0. The number of aromatic amines is 1. The molecule has 1 aromatic carbocycles. The van der Waals surface area contributed by atoms with Gasteiger partial charge in [0.25, 0.3) is 0 Å². The fourth-order valence-electron chi connectivity index (χ4n) is 4.33. The molecular formula is C18H22N2O. The molecule has 4 rings (SSSR count). The number of para-hydroxylation sites is 1. The molecule has 2 fully saturated rings. The molecule has 0 spiro atoms. The topological polar surface area (TPSA) is 36.1 Å². The predicted molar refractivity (Wildman–Crippen MR) is 84.6 cm³/mol. The van der Waals surface area contributed by atoms with E-state index < -0.39 is 0 Å². The van der Waals surface area contributed by atoms with Gasteiger partial charge < -0.3 is 4.98 Å². The van der Waals surface area contributed by atoms with Crippen LogP contribution in [0.5, 0.6) is 0 Å². The standard InChI is InChI=1S/C18H22N2O/c21-18(15-11-19-16-8-2-1-7-14(15)16)12-20-10-4-6-13-5-3-9-17(13)20/h1-2,7-8,11,13,17,19H,3-6,9-10,12H2. The highest BCUT2D eigenvalue weighted by atomic mass is 16.1. The van der Waals surface area contributed by atoms with Gasteiger partial charge in [-0.05, 0) is 44.2 Å². The van der Waals surface area contributed by atoms with Gasteiger partial charge in [-0.1, -0.05) is 24.6 Å². The summed E-state index contributed by atoms with van der Waals surface area (Å²) in [6.07, 6.45) is 8.48. The van der Waals surface area contributed by atoms with Crippen molar-refractivity contribution in [2.75, 3.05) is 13.1 Å². The second kappa shape index (κ2) is 5.30. The third-order valence-corrected chi connectivity index (χ3v) is 5.34. The number of hydrogen-bond donors (Lipinski definition) is 1. The molecule has 1 N–H and O–H groups in total. The molecule has 2 aliphatic rings. The highest BCUT2D eigenvalue weighted by Crippen LogP contribution is 2.36. The Balaban J connectivity index is 1.55. The lowest BCUT2D eigenvalue weighted by molar-refractivity contribution is 0.0778. The van der Waals surface area contributed by atoms with Crippen molar-refractivity contribution in [3.63, 3.8) is 0 Å². The molecule has 2 aromatic rings. The van der Waals surface area contributed by atoms with Gasteiger partial charge in [0.05, 0.1) is 6.54 Å². The number of rotatable bonds is 3. The summed E-state index contributed by atoms with van der Waals surface area (Å²) >= 11 is 0. The molecule has 1 saturated carbocycles. The lowest BCUT2D eigenvalue weighted by Crippen LogP contribution is -2.45. The van der Waals surface area contributed by atoms with E-state index in [2.05, 4.69) is 9.88 Å². The first-order chi connectivity index (χ1) is 10.3. The van der Waals surface area contributed by atoms with Crippen LogP contribution < -0.4 is 0 Å². The van der Waals surface area contributed by atoms with Crippen molar-refractivity contribution in [1.82, 2.24) is 9.88 Å². The molecule has 1 aliphatic carbocycles. The van der Waals surface area contributed by atoms with E-state index >= 15 is 0 Å². The maximum atomic E-state index is 12.7. The number of fused-ring (bicyclic) bond motifs is 2. The van der Waals surface area contributed by atoms with Crippen molar-refractivity contribution >= 4 is 16.7 Å². The number of H-pyrrole nitrogens is 1. The van der Waals surface area contributed by atoms with Crippen LogP contribution in [-0.4, -0.2) is 34.8 Å². The van der Waals surface area contributed by atoms with Gasteiger partial charge in [-0.15, -0.1) is 0 Å². The molecular weight excluding hydrogens is 260 g/mol. The largest absolute Gasteiger partial charge is 0.360 e. The number of carbonyl (C=O) groups is 1. The molecule has 1 saturated heterocycles. The van der Waals surface area contributed by atoms with E-state index in [0.717, 1.165) is 28.9 Å². The Labute approximate surface area is 125 Å². The minimum atomic E-state index is 0.264. The van der Waals surface area contributed by atoms with Crippen LogP contribution in [0.15, 0.2) is 30.5 Å². The molecule has 110 valence electrons. The minimum absolute atomic E-state index is 0.264. The normalized spacial score (nSPS) is 26.1. The highest BCUT2D eigenvalue weighted by Gasteiger charge is 2.35. The lowest BCUT2D eigenvalue weighted by atomic mass is 9.91. The van der Waals surface area contributed by atoms with Gasteiger partial charge in [0.15, 0.2) is 5.78 Å². The molecule has 2 heterocycles. The van der Waals surface area contributed by atoms with Crippen LogP contribution >= 0.6 is 0 Å². The van der Waals surface area contributed by atoms with Crippen LogP contribution in [-0.2, 0) is 0 Å². The summed E-state index contributed by atoms with van der Waals surface area (Å²) in [6.45, 7) is 1.68. The molecule has 1 aliphatic heterocycles. The van der Waals surface area contributed by atoms with E-state index in [1.807, 2.05) is 30.5 Å². The zero-order valence-corrected chi connectivity index (χ0v) is 12.3. The zero-order valence-electron chi connectivity index (χ0n) is 12.3. The van der Waals surface area contributed by atoms with Crippen molar-refractivity contribution in [1.29, 1.82) is 0 Å². The predicted octanol–water partition coefficient (Wildman–Crippen LogP) is 3.62. The fraction of sp³-hybridized carbons (Fsp3) is 0.500. The summed E-state index contributed by atoms with van der Waals surface area (Å²) in [5.74, 6) is 1.11. The Morgan fingerprint density at radius 2 is 2.05 bits per heavy atom. The van der Waals surface area contributed by atoms with Gasteiger partial charge in [-0.2, -0.15) is 0 Å². The van der Waals surface area contributed by atoms with Crippen molar-refractivity contribution < 1.29 is 4.79 Å². The second-order valence-corrected chi connectivity index (χ2v) is 6.54. The molecule has 1 aromatic heterocycles. The maximum Gasteiger partial charge on any atom is 0.178 e. The third-order valence-electron chi connectivity index (χ3n) is 5.34. The second-order valence-electron chi connectivity index (χ2n) is 6.54. The number of carbonyl (C=O) groups excluding carboxylic acids is 1. The number of nitrogens with one attached hydrogen (secondary N) is 1. The molecule has 21 heavy (non-hydrogen) atoms. The van der Waals surface area contributed by atoms with Gasteiger partial charge in [-0.25, -0.2) is 0 Å². The molecule has 0 amide bonds. The maximum absolute atomic E-state index is 12.7. The average Bonchev–Trinajstić information content (AvgIpc) is 3.14. The number of Topliss-reactive ketones (excluding diaryl/α,β-unsaturated/α-hetero) is 1. The molecule has 3 heteroatoms. The average molecular weight is 282 g/mol. The van der Waals surface area contributed by atoms with Gasteiger partial charge >= 0.3 is 0 Å². The number of aromatic nitrogens is 1. The van der Waals surface area contributed by atoms with Crippen molar-refractivity contribution in [3.05, 3.63) is 36.0 Å². The Kier molecular flexibility index (Phi) is 3.30. The summed E-state index contributed by atoms with van der Waals surface area (Å²) < 4.78 is 0. The Morgan fingerprint density at radius 3 is 3.00 bits per heavy atom. The number of ketones is 1. The molecule has 3 nitrogen and oxygen atoms in total. The monoisotopic (exact) mass is 282 g/mol. The summed E-state index contributed by atoms with van der Waals surface area (Å²) in [5, 5.41) is 1.06. The smallest absolute Gasteiger partial charge is 0.178 e. The van der Waals surface area contributed by atoms with Gasteiger partial charge in [0, 0.05) is 28.7 Å². The number of likely N-dealkylation sites (tertiary alicyclic amines) is 1. The SMILES string of the molecule is O=C(CN1CCCC2CCCC21)c1c[nH]c2ccccc12. The van der Waals surface area contributed by atoms with Crippen molar-refractivity contribution in [3.8, 4) is 0 Å². The van der Waals surface area contributed by atoms with Gasteiger partial charge in [0.2, 0.25) is 0 Å². The molecule has 2 atom stereocenters. The number of benzene rings is 1. The van der Waals surface area contributed by atoms with E-state index in [-0.39, 0.29) is 5.78 Å². The molecule has 2 unspecified atom stereocenters. The van der Waals surface area contributed by atoms with Crippen LogP contribution in [0.25, 0.3) is 10.9 Å². The first-order valence-electron chi connectivity index (χ1n) is 8.16. The van der Waals surface area contributed by atoms with Crippen LogP contribution in [0, 0.1) is 5.92 Å². The van der Waals surface area contributed by atoms with Crippen molar-refractivity contribution in [2.24, 2.45) is 5.92 Å². The Morgan fingerprint density at radius 1 is 1.19 bits per heavy atom. The highest BCUT2D eigenvalue weighted by molar-refractivity contribution is 6.08. The van der Waals surface area contributed by atoms with E-state index in [4.69, 9.17) is 0 Å². The van der Waals surface area contributed by atoms with Gasteiger partial charge in [0.1, 0.15) is 0 Å². The molecule has 0 bridgehead atoms.